The Labute approximate surface area is 175 Å². The van der Waals surface area contributed by atoms with Crippen molar-refractivity contribution in [2.24, 2.45) is 0 Å². The standard InChI is InChI=1S/C27H32N2/c1-2-23-13-15-25(16-14-23)22-29(21-24-9-5-3-6-10-24)28-19-17-27(18-20-28)26-11-7-4-8-12-26/h3-16,27H,2,17-22H2,1H3. The predicted octanol–water partition coefficient (Wildman–Crippen LogP) is 6.05. The fraction of sp³-hybridized carbons (Fsp3) is 0.333. The van der Waals surface area contributed by atoms with E-state index >= 15 is 0 Å². The van der Waals surface area contributed by atoms with Gasteiger partial charge in [0.2, 0.25) is 0 Å². The maximum absolute atomic E-state index is 2.58. The first-order chi connectivity index (χ1) is 14.3. The summed E-state index contributed by atoms with van der Waals surface area (Å²) in [6.07, 6.45) is 3.55. The van der Waals surface area contributed by atoms with Crippen LogP contribution in [-0.4, -0.2) is 23.1 Å². The first-order valence-corrected chi connectivity index (χ1v) is 11.0. The molecule has 29 heavy (non-hydrogen) atoms. The topological polar surface area (TPSA) is 6.48 Å². The van der Waals surface area contributed by atoms with Crippen LogP contribution in [0.3, 0.4) is 0 Å². The smallest absolute Gasteiger partial charge is 0.0387 e. The number of nitrogens with zero attached hydrogens (tertiary/aromatic N) is 2. The van der Waals surface area contributed by atoms with E-state index in [1.54, 1.807) is 0 Å². The Morgan fingerprint density at radius 2 is 1.21 bits per heavy atom. The van der Waals surface area contributed by atoms with Gasteiger partial charge in [-0.25, -0.2) is 10.0 Å². The van der Waals surface area contributed by atoms with Crippen LogP contribution >= 0.6 is 0 Å². The van der Waals surface area contributed by atoms with Gasteiger partial charge in [-0.3, -0.25) is 0 Å². The van der Waals surface area contributed by atoms with E-state index in [4.69, 9.17) is 0 Å². The van der Waals surface area contributed by atoms with Crippen molar-refractivity contribution in [1.29, 1.82) is 0 Å². The molecule has 0 N–H and O–H groups in total. The van der Waals surface area contributed by atoms with Gasteiger partial charge < -0.3 is 0 Å². The summed E-state index contributed by atoms with van der Waals surface area (Å²) >= 11 is 0. The Hall–Kier alpha value is -2.42. The van der Waals surface area contributed by atoms with Crippen LogP contribution in [0.2, 0.25) is 0 Å². The first-order valence-electron chi connectivity index (χ1n) is 11.0. The number of hydrazine groups is 1. The van der Waals surface area contributed by atoms with Crippen molar-refractivity contribution in [2.45, 2.75) is 45.2 Å². The lowest BCUT2D eigenvalue weighted by molar-refractivity contribution is -0.0579. The van der Waals surface area contributed by atoms with Gasteiger partial charge in [0.1, 0.15) is 0 Å². The van der Waals surface area contributed by atoms with Crippen LogP contribution in [0.1, 0.15) is 47.9 Å². The normalized spacial score (nSPS) is 15.7. The first kappa shape index (κ1) is 19.9. The Morgan fingerprint density at radius 1 is 0.690 bits per heavy atom. The Kier molecular flexibility index (Phi) is 6.76. The molecule has 1 saturated heterocycles. The second-order valence-electron chi connectivity index (χ2n) is 8.12. The van der Waals surface area contributed by atoms with Crippen molar-refractivity contribution < 1.29 is 0 Å². The zero-order chi connectivity index (χ0) is 19.9. The van der Waals surface area contributed by atoms with E-state index in [9.17, 15) is 0 Å². The quantitative estimate of drug-likeness (QED) is 0.489. The fourth-order valence-electron chi connectivity index (χ4n) is 4.35. The van der Waals surface area contributed by atoms with Crippen LogP contribution in [0.4, 0.5) is 0 Å². The lowest BCUT2D eigenvalue weighted by Gasteiger charge is -2.40. The molecule has 4 rings (SSSR count). The molecule has 2 heteroatoms. The van der Waals surface area contributed by atoms with Gasteiger partial charge in [-0.05, 0) is 47.4 Å². The second-order valence-corrected chi connectivity index (χ2v) is 8.12. The number of rotatable bonds is 7. The molecule has 0 saturated carbocycles. The number of benzene rings is 3. The summed E-state index contributed by atoms with van der Waals surface area (Å²) in [7, 11) is 0. The molecule has 0 spiro atoms. The minimum absolute atomic E-state index is 0.690. The van der Waals surface area contributed by atoms with Crippen LogP contribution < -0.4 is 0 Å². The van der Waals surface area contributed by atoms with Crippen molar-refractivity contribution in [3.63, 3.8) is 0 Å². The van der Waals surface area contributed by atoms with Gasteiger partial charge in [-0.1, -0.05) is 91.9 Å². The summed E-state index contributed by atoms with van der Waals surface area (Å²) in [5, 5.41) is 5.14. The minimum Gasteiger partial charge on any atom is -0.241 e. The van der Waals surface area contributed by atoms with E-state index in [2.05, 4.69) is 102 Å². The zero-order valence-corrected chi connectivity index (χ0v) is 17.5. The molecule has 0 aliphatic carbocycles. The average Bonchev–Trinajstić information content (AvgIpc) is 2.80. The fourth-order valence-corrected chi connectivity index (χ4v) is 4.35. The molecule has 1 fully saturated rings. The molecule has 0 unspecified atom stereocenters. The third-order valence-electron chi connectivity index (χ3n) is 6.15. The van der Waals surface area contributed by atoms with E-state index in [0.29, 0.717) is 5.92 Å². The molecule has 1 aliphatic rings. The number of piperidine rings is 1. The third-order valence-corrected chi connectivity index (χ3v) is 6.15. The second kappa shape index (κ2) is 9.87. The largest absolute Gasteiger partial charge is 0.241 e. The molecule has 1 heterocycles. The molecule has 0 radical (unpaired) electrons. The van der Waals surface area contributed by atoms with E-state index in [1.807, 2.05) is 0 Å². The van der Waals surface area contributed by atoms with Crippen LogP contribution in [0.25, 0.3) is 0 Å². The molecule has 3 aromatic carbocycles. The van der Waals surface area contributed by atoms with Crippen molar-refractivity contribution in [2.75, 3.05) is 13.1 Å². The molecule has 1 aliphatic heterocycles. The molecule has 0 aromatic heterocycles. The summed E-state index contributed by atoms with van der Waals surface area (Å²) in [4.78, 5) is 0. The van der Waals surface area contributed by atoms with Crippen LogP contribution in [0.15, 0.2) is 84.9 Å². The van der Waals surface area contributed by atoms with Gasteiger partial charge in [0.25, 0.3) is 0 Å². The van der Waals surface area contributed by atoms with Crippen LogP contribution in [0, 0.1) is 0 Å². The third kappa shape index (κ3) is 5.35. The van der Waals surface area contributed by atoms with Crippen LogP contribution in [0.5, 0.6) is 0 Å². The summed E-state index contributed by atoms with van der Waals surface area (Å²) in [5.41, 5.74) is 5.68. The summed E-state index contributed by atoms with van der Waals surface area (Å²) in [5.74, 6) is 0.690. The summed E-state index contributed by atoms with van der Waals surface area (Å²) < 4.78 is 0. The summed E-state index contributed by atoms with van der Waals surface area (Å²) in [6.45, 7) is 6.40. The van der Waals surface area contributed by atoms with Crippen molar-refractivity contribution >= 4 is 0 Å². The van der Waals surface area contributed by atoms with Gasteiger partial charge >= 0.3 is 0 Å². The van der Waals surface area contributed by atoms with Gasteiger partial charge in [0.05, 0.1) is 0 Å². The highest BCUT2D eigenvalue weighted by molar-refractivity contribution is 5.23. The molecule has 0 atom stereocenters. The van der Waals surface area contributed by atoms with Gasteiger partial charge in [-0.2, -0.15) is 0 Å². The molecule has 3 aromatic rings. The van der Waals surface area contributed by atoms with Crippen molar-refractivity contribution in [3.05, 3.63) is 107 Å². The molecular formula is C27H32N2. The van der Waals surface area contributed by atoms with Gasteiger partial charge in [0.15, 0.2) is 0 Å². The monoisotopic (exact) mass is 384 g/mol. The molecule has 0 bridgehead atoms. The van der Waals surface area contributed by atoms with Crippen molar-refractivity contribution in [3.8, 4) is 0 Å². The SMILES string of the molecule is CCc1ccc(CN(Cc2ccccc2)N2CCC(c3ccccc3)CC2)cc1. The van der Waals surface area contributed by atoms with E-state index in [0.717, 1.165) is 32.6 Å². The molecule has 0 amide bonds. The maximum atomic E-state index is 2.58. The zero-order valence-electron chi connectivity index (χ0n) is 17.5. The van der Waals surface area contributed by atoms with E-state index in [1.165, 1.54) is 35.1 Å². The predicted molar refractivity (Wildman–Crippen MR) is 121 cm³/mol. The molecule has 150 valence electrons. The number of hydrogen-bond acceptors (Lipinski definition) is 2. The van der Waals surface area contributed by atoms with Gasteiger partial charge in [0, 0.05) is 26.2 Å². The molecular weight excluding hydrogens is 352 g/mol. The lowest BCUT2D eigenvalue weighted by atomic mass is 9.90. The minimum atomic E-state index is 0.690. The number of aryl methyl sites for hydroxylation is 1. The van der Waals surface area contributed by atoms with Crippen LogP contribution in [-0.2, 0) is 19.5 Å². The Morgan fingerprint density at radius 3 is 1.79 bits per heavy atom. The van der Waals surface area contributed by atoms with E-state index in [-0.39, 0.29) is 0 Å². The summed E-state index contributed by atoms with van der Waals surface area (Å²) in [6, 6.07) is 31.1. The van der Waals surface area contributed by atoms with Gasteiger partial charge in [-0.15, -0.1) is 0 Å². The Balaban J connectivity index is 1.46. The highest BCUT2D eigenvalue weighted by atomic mass is 15.6. The molecule has 2 nitrogen and oxygen atoms in total. The van der Waals surface area contributed by atoms with E-state index < -0.39 is 0 Å². The highest BCUT2D eigenvalue weighted by Gasteiger charge is 2.24. The average molecular weight is 385 g/mol. The van der Waals surface area contributed by atoms with Crippen molar-refractivity contribution in [1.82, 2.24) is 10.0 Å². The number of hydrogen-bond donors (Lipinski definition) is 0. The Bertz CT molecular complexity index is 850. The lowest BCUT2D eigenvalue weighted by Crippen LogP contribution is -2.45. The maximum Gasteiger partial charge on any atom is 0.0387 e. The highest BCUT2D eigenvalue weighted by Crippen LogP contribution is 2.29.